The van der Waals surface area contributed by atoms with Crippen molar-refractivity contribution in [2.75, 3.05) is 17.2 Å². The van der Waals surface area contributed by atoms with Crippen molar-refractivity contribution in [2.45, 2.75) is 26.2 Å². The Morgan fingerprint density at radius 1 is 1.00 bits per heavy atom. The minimum Gasteiger partial charge on any atom is -0.483 e. The number of ether oxygens (including phenoxy) is 1. The highest BCUT2D eigenvalue weighted by Gasteiger charge is 2.18. The number of nitrogens with two attached hydrogens (primary N) is 1. The standard InChI is InChI=1S/C19H23N3O3/c1-19(2,3)15-9-4-5-10-16(15)25-12-17(23)21-13-7-6-8-14(11-13)22-18(20)24/h4-11H,12H2,1-3H3,(H,21,23)(H3,20,22,24). The lowest BCUT2D eigenvalue weighted by atomic mass is 9.86. The highest BCUT2D eigenvalue weighted by Crippen LogP contribution is 2.30. The van der Waals surface area contributed by atoms with Gasteiger partial charge in [0.05, 0.1) is 0 Å². The predicted octanol–water partition coefficient (Wildman–Crippen LogP) is 3.49. The lowest BCUT2D eigenvalue weighted by Gasteiger charge is -2.22. The summed E-state index contributed by atoms with van der Waals surface area (Å²) in [6.07, 6.45) is 0. The highest BCUT2D eigenvalue weighted by atomic mass is 16.5. The van der Waals surface area contributed by atoms with Crippen LogP contribution >= 0.6 is 0 Å². The number of urea groups is 1. The van der Waals surface area contributed by atoms with Crippen molar-refractivity contribution in [1.29, 1.82) is 0 Å². The molecule has 0 fully saturated rings. The van der Waals surface area contributed by atoms with E-state index >= 15 is 0 Å². The molecular weight excluding hydrogens is 318 g/mol. The van der Waals surface area contributed by atoms with E-state index in [-0.39, 0.29) is 17.9 Å². The molecule has 2 aromatic rings. The summed E-state index contributed by atoms with van der Waals surface area (Å²) >= 11 is 0. The van der Waals surface area contributed by atoms with Crippen molar-refractivity contribution in [3.63, 3.8) is 0 Å². The summed E-state index contributed by atoms with van der Waals surface area (Å²) in [7, 11) is 0. The molecule has 0 aliphatic rings. The van der Waals surface area contributed by atoms with Crippen LogP contribution in [-0.4, -0.2) is 18.5 Å². The van der Waals surface area contributed by atoms with Gasteiger partial charge in [0, 0.05) is 11.4 Å². The smallest absolute Gasteiger partial charge is 0.316 e. The second-order valence-electron chi connectivity index (χ2n) is 6.65. The van der Waals surface area contributed by atoms with Gasteiger partial charge in [-0.1, -0.05) is 45.0 Å². The molecule has 0 aliphatic heterocycles. The molecule has 4 N–H and O–H groups in total. The van der Waals surface area contributed by atoms with Gasteiger partial charge in [-0.3, -0.25) is 4.79 Å². The second kappa shape index (κ2) is 7.70. The molecule has 2 aromatic carbocycles. The van der Waals surface area contributed by atoms with Crippen LogP contribution in [0.2, 0.25) is 0 Å². The van der Waals surface area contributed by atoms with Gasteiger partial charge in [-0.2, -0.15) is 0 Å². The van der Waals surface area contributed by atoms with Gasteiger partial charge in [-0.05, 0) is 35.2 Å². The molecule has 132 valence electrons. The Bertz CT molecular complexity index is 767. The average molecular weight is 341 g/mol. The fourth-order valence-electron chi connectivity index (χ4n) is 2.37. The van der Waals surface area contributed by atoms with Crippen molar-refractivity contribution >= 4 is 23.3 Å². The summed E-state index contributed by atoms with van der Waals surface area (Å²) in [6.45, 7) is 6.16. The lowest BCUT2D eigenvalue weighted by Crippen LogP contribution is -2.22. The highest BCUT2D eigenvalue weighted by molar-refractivity contribution is 5.93. The van der Waals surface area contributed by atoms with Crippen molar-refractivity contribution in [1.82, 2.24) is 0 Å². The Morgan fingerprint density at radius 3 is 2.28 bits per heavy atom. The molecule has 0 unspecified atom stereocenters. The van der Waals surface area contributed by atoms with Crippen LogP contribution in [0.1, 0.15) is 26.3 Å². The molecule has 0 aliphatic carbocycles. The third-order valence-electron chi connectivity index (χ3n) is 3.47. The van der Waals surface area contributed by atoms with Crippen LogP contribution in [0.5, 0.6) is 5.75 Å². The van der Waals surface area contributed by atoms with Crippen molar-refractivity contribution in [3.8, 4) is 5.75 Å². The lowest BCUT2D eigenvalue weighted by molar-refractivity contribution is -0.118. The molecule has 0 aromatic heterocycles. The van der Waals surface area contributed by atoms with E-state index in [1.54, 1.807) is 24.3 Å². The van der Waals surface area contributed by atoms with Gasteiger partial charge in [0.1, 0.15) is 5.75 Å². The molecule has 2 rings (SSSR count). The van der Waals surface area contributed by atoms with E-state index in [9.17, 15) is 9.59 Å². The molecule has 0 radical (unpaired) electrons. The summed E-state index contributed by atoms with van der Waals surface area (Å²) in [4.78, 5) is 23.0. The topological polar surface area (TPSA) is 93.4 Å². The molecule has 25 heavy (non-hydrogen) atoms. The summed E-state index contributed by atoms with van der Waals surface area (Å²) < 4.78 is 5.69. The third kappa shape index (κ3) is 5.53. The number of benzene rings is 2. The minimum atomic E-state index is -0.661. The molecule has 0 saturated carbocycles. The molecule has 0 atom stereocenters. The number of rotatable bonds is 5. The number of anilines is 2. The van der Waals surface area contributed by atoms with Gasteiger partial charge in [0.15, 0.2) is 6.61 Å². The monoisotopic (exact) mass is 341 g/mol. The van der Waals surface area contributed by atoms with E-state index in [1.165, 1.54) is 0 Å². The zero-order valence-electron chi connectivity index (χ0n) is 14.6. The first-order valence-corrected chi connectivity index (χ1v) is 7.94. The third-order valence-corrected chi connectivity index (χ3v) is 3.47. The van der Waals surface area contributed by atoms with Gasteiger partial charge in [-0.15, -0.1) is 0 Å². The van der Waals surface area contributed by atoms with Crippen molar-refractivity contribution < 1.29 is 14.3 Å². The van der Waals surface area contributed by atoms with Crippen LogP contribution in [0.3, 0.4) is 0 Å². The number of hydrogen-bond donors (Lipinski definition) is 3. The van der Waals surface area contributed by atoms with Crippen LogP contribution < -0.4 is 21.1 Å². The molecule has 6 nitrogen and oxygen atoms in total. The number of hydrogen-bond acceptors (Lipinski definition) is 3. The molecule has 3 amide bonds. The molecule has 0 bridgehead atoms. The second-order valence-corrected chi connectivity index (χ2v) is 6.65. The Labute approximate surface area is 147 Å². The summed E-state index contributed by atoms with van der Waals surface area (Å²) in [5.74, 6) is 0.397. The van der Waals surface area contributed by atoms with Crippen LogP contribution in [-0.2, 0) is 10.2 Å². The summed E-state index contributed by atoms with van der Waals surface area (Å²) in [6, 6.07) is 13.7. The number of amides is 3. The van der Waals surface area contributed by atoms with E-state index in [1.807, 2.05) is 24.3 Å². The first kappa shape index (κ1) is 18.3. The zero-order chi connectivity index (χ0) is 18.4. The van der Waals surface area contributed by atoms with E-state index in [0.29, 0.717) is 17.1 Å². The fraction of sp³-hybridized carbons (Fsp3) is 0.263. The molecule has 0 spiro atoms. The van der Waals surface area contributed by atoms with Crippen LogP contribution in [0.25, 0.3) is 0 Å². The zero-order valence-corrected chi connectivity index (χ0v) is 14.6. The largest absolute Gasteiger partial charge is 0.483 e. The van der Waals surface area contributed by atoms with E-state index in [0.717, 1.165) is 5.56 Å². The van der Waals surface area contributed by atoms with Gasteiger partial charge < -0.3 is 21.1 Å². The number of nitrogens with one attached hydrogen (secondary N) is 2. The van der Waals surface area contributed by atoms with Crippen LogP contribution in [0, 0.1) is 0 Å². The Kier molecular flexibility index (Phi) is 5.64. The first-order chi connectivity index (χ1) is 11.8. The predicted molar refractivity (Wildman–Crippen MR) is 98.9 cm³/mol. The Balaban J connectivity index is 1.99. The maximum atomic E-state index is 12.1. The number of para-hydroxylation sites is 1. The maximum Gasteiger partial charge on any atom is 0.316 e. The number of carbonyl (C=O) groups excluding carboxylic acids is 2. The molecule has 0 heterocycles. The molecule has 0 saturated heterocycles. The van der Waals surface area contributed by atoms with E-state index in [2.05, 4.69) is 31.4 Å². The van der Waals surface area contributed by atoms with Gasteiger partial charge in [0.25, 0.3) is 5.91 Å². The minimum absolute atomic E-state index is 0.0815. The molecular formula is C19H23N3O3. The quantitative estimate of drug-likeness (QED) is 0.777. The fourth-order valence-corrected chi connectivity index (χ4v) is 2.37. The Hall–Kier alpha value is -3.02. The number of carbonyl (C=O) groups is 2. The first-order valence-electron chi connectivity index (χ1n) is 7.94. The SMILES string of the molecule is CC(C)(C)c1ccccc1OCC(=O)Nc1cccc(NC(N)=O)c1. The maximum absolute atomic E-state index is 12.1. The summed E-state index contributed by atoms with van der Waals surface area (Å²) in [5.41, 5.74) is 7.08. The number of primary amides is 1. The van der Waals surface area contributed by atoms with E-state index in [4.69, 9.17) is 10.5 Å². The summed E-state index contributed by atoms with van der Waals surface area (Å²) in [5, 5.41) is 5.18. The average Bonchev–Trinajstić information content (AvgIpc) is 2.52. The normalized spacial score (nSPS) is 10.8. The van der Waals surface area contributed by atoms with Crippen LogP contribution in [0.15, 0.2) is 48.5 Å². The van der Waals surface area contributed by atoms with Gasteiger partial charge >= 0.3 is 6.03 Å². The van der Waals surface area contributed by atoms with Crippen molar-refractivity contribution in [3.05, 3.63) is 54.1 Å². The molecule has 6 heteroatoms. The van der Waals surface area contributed by atoms with Crippen LogP contribution in [0.4, 0.5) is 16.2 Å². The van der Waals surface area contributed by atoms with Gasteiger partial charge in [0.2, 0.25) is 0 Å². The van der Waals surface area contributed by atoms with Crippen molar-refractivity contribution in [2.24, 2.45) is 5.73 Å². The van der Waals surface area contributed by atoms with E-state index < -0.39 is 6.03 Å². The van der Waals surface area contributed by atoms with Gasteiger partial charge in [-0.25, -0.2) is 4.79 Å². The Morgan fingerprint density at radius 2 is 1.64 bits per heavy atom.